The number of H-pyrrole nitrogens is 2. The van der Waals surface area contributed by atoms with Gasteiger partial charge in [-0.05, 0) is 199 Å². The van der Waals surface area contributed by atoms with Crippen LogP contribution in [0.5, 0.6) is 34.5 Å². The van der Waals surface area contributed by atoms with Crippen LogP contribution in [0.3, 0.4) is 0 Å². The van der Waals surface area contributed by atoms with Crippen molar-refractivity contribution < 1.29 is 26.6 Å². The Morgan fingerprint density at radius 2 is 0.448 bits per heavy atom. The van der Waals surface area contributed by atoms with E-state index in [1.807, 2.05) is 0 Å². The summed E-state index contributed by atoms with van der Waals surface area (Å²) in [6.07, 6.45) is 8.65. The number of hydrogen-bond acceptors (Lipinski definition) is 8. The standard InChI is InChI=1S/C80H114N4O6Si6/c1-75(2,3)91(19,20)85-62-39-34-40-63(86-92(21,22)76(4,5)6)72(62)69-56-47-45-54(81-56)68(53-37-32-31-33-38-53)55-46-48-57(82-55)70(73-64(87-93(23,24)77(7,8)9)41-35-42-65(73)88-94(25,26)78(10,11)12)59-50-52-61(84-59)71(60-51-49-58(69)83-60)74-66(89-95(27,28)79(13,14)15)43-36-44-67(74)90-96(29,30)80(16,17)18/h31-52,83-84H,1-30H3. The first-order valence-electron chi connectivity index (χ1n) is 34.6. The molecule has 0 saturated carbocycles. The molecule has 0 unspecified atom stereocenters. The fraction of sp³-hybridized carbons (Fsp3) is 0.450. The lowest BCUT2D eigenvalue weighted by molar-refractivity contribution is 0.477. The van der Waals surface area contributed by atoms with E-state index < -0.39 is 49.9 Å². The number of aromatic amines is 2. The van der Waals surface area contributed by atoms with Crippen molar-refractivity contribution in [2.45, 2.75) is 233 Å². The van der Waals surface area contributed by atoms with E-state index >= 15 is 0 Å². The van der Waals surface area contributed by atoms with Gasteiger partial charge < -0.3 is 36.5 Å². The van der Waals surface area contributed by atoms with Crippen molar-refractivity contribution in [1.82, 2.24) is 19.9 Å². The maximum absolute atomic E-state index is 7.69. The molecule has 9 rings (SSSR count). The molecule has 2 N–H and O–H groups in total. The molecule has 2 aliphatic heterocycles. The van der Waals surface area contributed by atoms with E-state index in [2.05, 4.69) is 347 Å². The molecule has 514 valence electrons. The predicted octanol–water partition coefficient (Wildman–Crippen LogP) is 25.6. The summed E-state index contributed by atoms with van der Waals surface area (Å²) in [5.74, 6) is 4.54. The van der Waals surface area contributed by atoms with Gasteiger partial charge in [0.1, 0.15) is 34.5 Å². The third kappa shape index (κ3) is 14.7. The molecule has 0 amide bonds. The second-order valence-electron chi connectivity index (χ2n) is 35.9. The van der Waals surface area contributed by atoms with E-state index in [9.17, 15) is 0 Å². The van der Waals surface area contributed by atoms with Gasteiger partial charge in [0.2, 0.25) is 0 Å². The van der Waals surface area contributed by atoms with E-state index in [0.717, 1.165) is 124 Å². The topological polar surface area (TPSA) is 113 Å². The summed E-state index contributed by atoms with van der Waals surface area (Å²) >= 11 is 0. The second-order valence-corrected chi connectivity index (χ2v) is 64.3. The summed E-state index contributed by atoms with van der Waals surface area (Å²) < 4.78 is 45.9. The Morgan fingerprint density at radius 1 is 0.240 bits per heavy atom. The van der Waals surface area contributed by atoms with Crippen LogP contribution in [0, 0.1) is 0 Å². The third-order valence-electron chi connectivity index (χ3n) is 22.6. The molecule has 3 aromatic heterocycles. The Morgan fingerprint density at radius 3 is 0.677 bits per heavy atom. The zero-order valence-electron chi connectivity index (χ0n) is 64.0. The molecule has 0 fully saturated rings. The summed E-state index contributed by atoms with van der Waals surface area (Å²) in [6.45, 7) is 69.2. The lowest BCUT2D eigenvalue weighted by Gasteiger charge is -2.39. The van der Waals surface area contributed by atoms with Crippen LogP contribution in [-0.2, 0) is 0 Å². The normalized spacial score (nSPS) is 14.1. The second kappa shape index (κ2) is 25.4. The Kier molecular flexibility index (Phi) is 19.5. The largest absolute Gasteiger partial charge is 0.543 e. The minimum absolute atomic E-state index is 0.124. The molecule has 7 aromatic rings. The van der Waals surface area contributed by atoms with E-state index in [0.29, 0.717) is 0 Å². The van der Waals surface area contributed by atoms with Crippen LogP contribution in [0.4, 0.5) is 0 Å². The van der Waals surface area contributed by atoms with E-state index in [-0.39, 0.29) is 30.2 Å². The van der Waals surface area contributed by atoms with Crippen molar-refractivity contribution in [2.24, 2.45) is 0 Å². The number of hydrogen-bond donors (Lipinski definition) is 2. The van der Waals surface area contributed by atoms with Crippen LogP contribution in [0.1, 0.15) is 147 Å². The number of rotatable bonds is 16. The lowest BCUT2D eigenvalue weighted by atomic mass is 10.0. The van der Waals surface area contributed by atoms with E-state index in [1.165, 1.54) is 0 Å². The lowest BCUT2D eigenvalue weighted by Crippen LogP contribution is -2.44. The number of benzene rings is 4. The summed E-state index contributed by atoms with van der Waals surface area (Å²) in [5.41, 5.74) is 13.4. The van der Waals surface area contributed by atoms with Gasteiger partial charge in [-0.25, -0.2) is 9.97 Å². The van der Waals surface area contributed by atoms with Crippen molar-refractivity contribution in [3.63, 3.8) is 0 Å². The molecule has 0 atom stereocenters. The van der Waals surface area contributed by atoms with Crippen molar-refractivity contribution in [3.8, 4) is 79.0 Å². The maximum atomic E-state index is 7.69. The van der Waals surface area contributed by atoms with Gasteiger partial charge in [0.25, 0.3) is 49.9 Å². The van der Waals surface area contributed by atoms with Gasteiger partial charge in [-0.3, -0.25) is 0 Å². The highest BCUT2D eigenvalue weighted by Gasteiger charge is 2.46. The molecule has 5 heterocycles. The smallest absolute Gasteiger partial charge is 0.250 e. The van der Waals surface area contributed by atoms with Gasteiger partial charge in [-0.1, -0.05) is 173 Å². The van der Waals surface area contributed by atoms with Gasteiger partial charge in [0.05, 0.1) is 39.5 Å². The molecular formula is C80H114N4O6Si6. The summed E-state index contributed by atoms with van der Waals surface area (Å²) in [4.78, 5) is 20.1. The van der Waals surface area contributed by atoms with Crippen LogP contribution in [0.2, 0.25) is 109 Å². The molecule has 2 aliphatic rings. The van der Waals surface area contributed by atoms with Gasteiger partial charge in [0.15, 0.2) is 0 Å². The predicted molar refractivity (Wildman–Crippen MR) is 428 cm³/mol. The van der Waals surface area contributed by atoms with Gasteiger partial charge >= 0.3 is 0 Å². The zero-order chi connectivity index (χ0) is 71.3. The molecule has 16 heteroatoms. The molecule has 0 aliphatic carbocycles. The molecule has 4 aromatic carbocycles. The average molecular weight is 1400 g/mol. The Hall–Kier alpha value is -6.42. The highest BCUT2D eigenvalue weighted by atomic mass is 28.4. The first kappa shape index (κ1) is 73.8. The van der Waals surface area contributed by atoms with Crippen molar-refractivity contribution in [1.29, 1.82) is 0 Å². The van der Waals surface area contributed by atoms with Gasteiger partial charge in [-0.2, -0.15) is 0 Å². The van der Waals surface area contributed by atoms with Crippen LogP contribution < -0.4 is 26.6 Å². The minimum Gasteiger partial charge on any atom is -0.543 e. The van der Waals surface area contributed by atoms with Crippen LogP contribution in [0.25, 0.3) is 90.9 Å². The molecule has 0 saturated heterocycles. The minimum atomic E-state index is -2.57. The Bertz CT molecular complexity index is 3980. The fourth-order valence-corrected chi connectivity index (χ4v) is 16.4. The molecule has 0 radical (unpaired) electrons. The summed E-state index contributed by atoms with van der Waals surface area (Å²) in [6, 6.07) is 38.6. The molecule has 10 nitrogen and oxygen atoms in total. The first-order chi connectivity index (χ1) is 43.9. The average Bonchev–Trinajstić information content (AvgIpc) is 1.64. The van der Waals surface area contributed by atoms with Crippen LogP contribution >= 0.6 is 0 Å². The Labute approximate surface area is 583 Å². The molecule has 8 bridgehead atoms. The van der Waals surface area contributed by atoms with Crippen LogP contribution in [-0.4, -0.2) is 69.8 Å². The number of fused-ring (bicyclic) bond motifs is 8. The van der Waals surface area contributed by atoms with E-state index in [1.54, 1.807) is 0 Å². The first-order valence-corrected chi connectivity index (χ1v) is 52.1. The quantitative estimate of drug-likeness (QED) is 0.0920. The van der Waals surface area contributed by atoms with Crippen molar-refractivity contribution in [2.75, 3.05) is 0 Å². The monoisotopic (exact) mass is 1390 g/mol. The summed E-state index contributed by atoms with van der Waals surface area (Å²) in [7, 11) is -15.3. The van der Waals surface area contributed by atoms with Crippen molar-refractivity contribution >= 4 is 96.3 Å². The van der Waals surface area contributed by atoms with Crippen molar-refractivity contribution in [3.05, 3.63) is 132 Å². The summed E-state index contributed by atoms with van der Waals surface area (Å²) in [5, 5.41) is -0.770. The fourth-order valence-electron chi connectivity index (χ4n) is 10.3. The number of nitrogens with zero attached hydrogens (tertiary/aromatic N) is 2. The molecule has 0 spiro atoms. The number of aromatic nitrogens is 4. The SMILES string of the molecule is CC(C)(C)[Si](C)(C)Oc1cccc(O[Si](C)(C)C(C)(C)C)c1-c1c2nc(c(-c3ccccc3)c3nc(c(-c4c(O[Si](C)(C)C(C)(C)C)cccc4O[Si](C)(C)C(C)(C)C)c4ccc([nH]4)c(-c4c(O[Si](C)(C)C(C)(C)C)cccc4O[Si](C)(C)C(C)(C)C)c4ccc1[nH]4)C=C3)C=C2. The third-order valence-corrected chi connectivity index (χ3v) is 48.6. The molecular weight excluding hydrogens is 1280 g/mol. The van der Waals surface area contributed by atoms with Gasteiger partial charge in [-0.15, -0.1) is 0 Å². The van der Waals surface area contributed by atoms with Gasteiger partial charge in [0, 0.05) is 44.3 Å². The Balaban J connectivity index is 1.60. The highest BCUT2D eigenvalue weighted by molar-refractivity contribution is 6.77. The van der Waals surface area contributed by atoms with Crippen LogP contribution in [0.15, 0.2) is 109 Å². The zero-order valence-corrected chi connectivity index (χ0v) is 70.0. The maximum Gasteiger partial charge on any atom is 0.250 e. The molecule has 96 heavy (non-hydrogen) atoms. The highest BCUT2D eigenvalue weighted by Crippen LogP contribution is 2.54. The van der Waals surface area contributed by atoms with E-state index in [4.69, 9.17) is 36.5 Å². The number of nitrogens with one attached hydrogen (secondary N) is 2.